The third-order valence-corrected chi connectivity index (χ3v) is 5.13. The van der Waals surface area contributed by atoms with E-state index >= 15 is 0 Å². The van der Waals surface area contributed by atoms with E-state index in [1.54, 1.807) is 12.1 Å². The molecule has 0 atom stereocenters. The number of nitrogens with one attached hydrogen (secondary N) is 3. The maximum Gasteiger partial charge on any atom is 0.233 e. The molecule has 3 aromatic carbocycles. The van der Waals surface area contributed by atoms with E-state index in [1.807, 2.05) is 60.7 Å². The lowest BCUT2D eigenvalue weighted by molar-refractivity contribution is 0.468. The predicted octanol–water partition coefficient (Wildman–Crippen LogP) is 5.86. The molecule has 0 amide bonds. The molecule has 0 bridgehead atoms. The van der Waals surface area contributed by atoms with E-state index in [4.69, 9.17) is 11.1 Å². The number of benzene rings is 3. The van der Waals surface area contributed by atoms with Gasteiger partial charge in [-0.05, 0) is 73.8 Å². The molecule has 0 saturated carbocycles. The Morgan fingerprint density at radius 2 is 1.22 bits per heavy atom. The van der Waals surface area contributed by atoms with Crippen molar-refractivity contribution in [2.45, 2.75) is 0 Å². The van der Waals surface area contributed by atoms with E-state index in [1.165, 1.54) is 6.21 Å². The summed E-state index contributed by atoms with van der Waals surface area (Å²) in [5, 5.41) is 22.4. The van der Waals surface area contributed by atoms with Crippen LogP contribution in [0.3, 0.4) is 0 Å². The molecule has 1 aromatic heterocycles. The van der Waals surface area contributed by atoms with Gasteiger partial charge in [0.05, 0.1) is 8.95 Å². The SMILES string of the molecule is N=Cc1cc(Br)c(O)c(Br)c1.Nc1nc(Nc2ccccc2)nc(Nc2ccccc2)n1. The molecule has 0 unspecified atom stereocenters. The monoisotopic (exact) mass is 555 g/mol. The first-order chi connectivity index (χ1) is 15.4. The summed E-state index contributed by atoms with van der Waals surface area (Å²) in [7, 11) is 0. The minimum atomic E-state index is 0.155. The van der Waals surface area contributed by atoms with Crippen molar-refractivity contribution in [3.8, 4) is 5.75 Å². The molecule has 0 radical (unpaired) electrons. The van der Waals surface area contributed by atoms with Gasteiger partial charge in [-0.2, -0.15) is 15.0 Å². The van der Waals surface area contributed by atoms with E-state index in [0.29, 0.717) is 20.8 Å². The normalized spacial score (nSPS) is 9.94. The van der Waals surface area contributed by atoms with Crippen LogP contribution in [0.5, 0.6) is 5.75 Å². The van der Waals surface area contributed by atoms with Gasteiger partial charge in [0.2, 0.25) is 17.8 Å². The lowest BCUT2D eigenvalue weighted by atomic mass is 10.2. The van der Waals surface area contributed by atoms with Gasteiger partial charge in [-0.3, -0.25) is 0 Å². The highest BCUT2D eigenvalue weighted by molar-refractivity contribution is 9.11. The lowest BCUT2D eigenvalue weighted by Crippen LogP contribution is -2.06. The third kappa shape index (κ3) is 6.76. The van der Waals surface area contributed by atoms with Gasteiger partial charge in [-0.1, -0.05) is 36.4 Å². The number of aromatic nitrogens is 3. The number of aromatic hydroxyl groups is 1. The van der Waals surface area contributed by atoms with E-state index in [0.717, 1.165) is 16.9 Å². The summed E-state index contributed by atoms with van der Waals surface area (Å²) in [4.78, 5) is 12.5. The van der Waals surface area contributed by atoms with Crippen molar-refractivity contribution in [1.29, 1.82) is 5.41 Å². The number of nitrogens with two attached hydrogens (primary N) is 1. The third-order valence-electron chi connectivity index (χ3n) is 3.92. The van der Waals surface area contributed by atoms with Gasteiger partial charge in [0.25, 0.3) is 0 Å². The second-order valence-corrected chi connectivity index (χ2v) is 8.01. The molecular weight excluding hydrogens is 538 g/mol. The largest absolute Gasteiger partial charge is 0.506 e. The van der Waals surface area contributed by atoms with Gasteiger partial charge >= 0.3 is 0 Å². The van der Waals surface area contributed by atoms with Gasteiger partial charge in [-0.15, -0.1) is 0 Å². The number of hydrogen-bond acceptors (Lipinski definition) is 8. The van der Waals surface area contributed by atoms with E-state index in [9.17, 15) is 5.11 Å². The smallest absolute Gasteiger partial charge is 0.233 e. The maximum absolute atomic E-state index is 9.26. The topological polar surface area (TPSA) is 133 Å². The number of nitrogen functional groups attached to an aromatic ring is 1. The average molecular weight is 557 g/mol. The predicted molar refractivity (Wildman–Crippen MR) is 135 cm³/mol. The number of halogens is 2. The minimum absolute atomic E-state index is 0.155. The van der Waals surface area contributed by atoms with Crippen LogP contribution >= 0.6 is 31.9 Å². The standard InChI is InChI=1S/C15H14N6.C7H5Br2NO/c16-13-19-14(17-11-7-3-1-4-8-11)21-15(20-13)18-12-9-5-2-6-10-12;8-5-1-4(3-10)2-6(9)7(5)11/h1-10H,(H4,16,17,18,19,20,21);1-3,10-11H. The summed E-state index contributed by atoms with van der Waals surface area (Å²) in [5.74, 6) is 1.11. The highest BCUT2D eigenvalue weighted by Crippen LogP contribution is 2.32. The zero-order valence-electron chi connectivity index (χ0n) is 16.6. The van der Waals surface area contributed by atoms with Crippen LogP contribution in [0.2, 0.25) is 0 Å². The molecule has 6 N–H and O–H groups in total. The molecular formula is C22H19Br2N7O. The molecule has 4 aromatic rings. The Morgan fingerprint density at radius 1 is 0.781 bits per heavy atom. The first-order valence-electron chi connectivity index (χ1n) is 9.29. The fraction of sp³-hybridized carbons (Fsp3) is 0. The summed E-state index contributed by atoms with van der Waals surface area (Å²) in [6.45, 7) is 0. The van der Waals surface area contributed by atoms with Crippen molar-refractivity contribution in [3.05, 3.63) is 87.3 Å². The Labute approximate surface area is 201 Å². The zero-order valence-corrected chi connectivity index (χ0v) is 19.8. The molecule has 0 aliphatic carbocycles. The number of rotatable bonds is 5. The van der Waals surface area contributed by atoms with Crippen molar-refractivity contribution in [3.63, 3.8) is 0 Å². The fourth-order valence-electron chi connectivity index (χ4n) is 2.47. The molecule has 0 spiro atoms. The molecule has 8 nitrogen and oxygen atoms in total. The van der Waals surface area contributed by atoms with E-state index < -0.39 is 0 Å². The van der Waals surface area contributed by atoms with Crippen LogP contribution in [0.25, 0.3) is 0 Å². The highest BCUT2D eigenvalue weighted by atomic mass is 79.9. The quantitative estimate of drug-likeness (QED) is 0.194. The summed E-state index contributed by atoms with van der Waals surface area (Å²) < 4.78 is 1.18. The number of phenols is 1. The Bertz CT molecular complexity index is 1110. The van der Waals surface area contributed by atoms with Gasteiger partial charge in [0.15, 0.2) is 0 Å². The van der Waals surface area contributed by atoms with Crippen LogP contribution in [-0.4, -0.2) is 26.3 Å². The van der Waals surface area contributed by atoms with Crippen molar-refractivity contribution >= 4 is 67.3 Å². The molecule has 0 aliphatic heterocycles. The number of para-hydroxylation sites is 2. The summed E-state index contributed by atoms with van der Waals surface area (Å²) in [6, 6.07) is 22.6. The Hall–Kier alpha value is -3.50. The minimum Gasteiger partial charge on any atom is -0.506 e. The van der Waals surface area contributed by atoms with Crippen LogP contribution in [0.15, 0.2) is 81.7 Å². The van der Waals surface area contributed by atoms with Gasteiger partial charge in [0, 0.05) is 17.6 Å². The Morgan fingerprint density at radius 3 is 1.62 bits per heavy atom. The van der Waals surface area contributed by atoms with Crippen LogP contribution in [0.1, 0.15) is 5.56 Å². The Kier molecular flexibility index (Phi) is 8.12. The van der Waals surface area contributed by atoms with E-state index in [2.05, 4.69) is 57.4 Å². The Balaban J connectivity index is 0.000000222. The van der Waals surface area contributed by atoms with Gasteiger partial charge in [-0.25, -0.2) is 0 Å². The van der Waals surface area contributed by atoms with Crippen LogP contribution < -0.4 is 16.4 Å². The maximum atomic E-state index is 9.26. The highest BCUT2D eigenvalue weighted by Gasteiger charge is 2.05. The molecule has 32 heavy (non-hydrogen) atoms. The molecule has 0 aliphatic rings. The molecule has 0 saturated heterocycles. The number of hydrogen-bond donors (Lipinski definition) is 5. The molecule has 1 heterocycles. The lowest BCUT2D eigenvalue weighted by Gasteiger charge is -2.08. The molecule has 10 heteroatoms. The first-order valence-corrected chi connectivity index (χ1v) is 10.9. The van der Waals surface area contributed by atoms with Crippen molar-refractivity contribution < 1.29 is 5.11 Å². The fourth-order valence-corrected chi connectivity index (χ4v) is 3.70. The van der Waals surface area contributed by atoms with Crippen molar-refractivity contribution in [2.24, 2.45) is 0 Å². The molecule has 162 valence electrons. The second-order valence-electron chi connectivity index (χ2n) is 6.30. The first kappa shape index (κ1) is 23.2. The van der Waals surface area contributed by atoms with Crippen molar-refractivity contribution in [1.82, 2.24) is 15.0 Å². The van der Waals surface area contributed by atoms with Crippen LogP contribution in [0, 0.1) is 5.41 Å². The van der Waals surface area contributed by atoms with Gasteiger partial charge < -0.3 is 26.9 Å². The number of nitrogens with zero attached hydrogens (tertiary/aromatic N) is 3. The number of anilines is 5. The summed E-state index contributed by atoms with van der Waals surface area (Å²) in [5.41, 5.74) is 8.23. The van der Waals surface area contributed by atoms with Gasteiger partial charge in [0.1, 0.15) is 5.75 Å². The van der Waals surface area contributed by atoms with E-state index in [-0.39, 0.29) is 11.7 Å². The second kappa shape index (κ2) is 11.2. The molecule has 4 rings (SSSR count). The summed E-state index contributed by atoms with van der Waals surface area (Å²) >= 11 is 6.31. The number of phenolic OH excluding ortho intramolecular Hbond substituents is 1. The van der Waals surface area contributed by atoms with Crippen LogP contribution in [0.4, 0.5) is 29.2 Å². The van der Waals surface area contributed by atoms with Crippen LogP contribution in [-0.2, 0) is 0 Å². The summed E-state index contributed by atoms with van der Waals surface area (Å²) in [6.07, 6.45) is 1.22. The molecule has 0 fully saturated rings. The zero-order chi connectivity index (χ0) is 22.9. The van der Waals surface area contributed by atoms with Crippen molar-refractivity contribution in [2.75, 3.05) is 16.4 Å². The average Bonchev–Trinajstić information content (AvgIpc) is 2.78.